The Balaban J connectivity index is 2.06. The van der Waals surface area contributed by atoms with E-state index in [4.69, 9.17) is 0 Å². The molecule has 100 valence electrons. The molecule has 0 aromatic carbocycles. The van der Waals surface area contributed by atoms with Crippen molar-refractivity contribution in [3.05, 3.63) is 18.0 Å². The van der Waals surface area contributed by atoms with Crippen molar-refractivity contribution < 1.29 is 4.79 Å². The molecule has 1 N–H and O–H groups in total. The molecule has 0 radical (unpaired) electrons. The number of rotatable bonds is 5. The second kappa shape index (κ2) is 5.22. The average Bonchev–Trinajstić information content (AvgIpc) is 2.97. The molecule has 1 aliphatic heterocycles. The van der Waals surface area contributed by atoms with Crippen LogP contribution in [-0.2, 0) is 11.2 Å². The fourth-order valence-electron chi connectivity index (χ4n) is 2.59. The van der Waals surface area contributed by atoms with Crippen LogP contribution in [-0.4, -0.2) is 28.7 Å². The predicted octanol–water partition coefficient (Wildman–Crippen LogP) is 1.97. The number of aromatic nitrogens is 2. The fraction of sp³-hybridized carbons (Fsp3) is 0.714. The van der Waals surface area contributed by atoms with Crippen molar-refractivity contribution in [2.24, 2.45) is 5.41 Å². The van der Waals surface area contributed by atoms with Crippen molar-refractivity contribution in [3.63, 3.8) is 0 Å². The van der Waals surface area contributed by atoms with E-state index in [0.717, 1.165) is 31.6 Å². The number of Topliss-reactive ketones (excluding diaryl/α,β-unsaturated/α-hetero) is 1. The maximum absolute atomic E-state index is 12.5. The summed E-state index contributed by atoms with van der Waals surface area (Å²) in [6.07, 6.45) is 4.31. The van der Waals surface area contributed by atoms with Crippen molar-refractivity contribution in [2.75, 3.05) is 13.1 Å². The van der Waals surface area contributed by atoms with Crippen LogP contribution in [0.5, 0.6) is 0 Å². The minimum Gasteiger partial charge on any atom is -0.316 e. The summed E-state index contributed by atoms with van der Waals surface area (Å²) in [6.45, 7) is 8.07. The van der Waals surface area contributed by atoms with E-state index >= 15 is 0 Å². The first-order chi connectivity index (χ1) is 8.57. The van der Waals surface area contributed by atoms with Gasteiger partial charge in [-0.15, -0.1) is 0 Å². The maximum atomic E-state index is 12.5. The van der Waals surface area contributed by atoms with Gasteiger partial charge in [-0.25, -0.2) is 0 Å². The van der Waals surface area contributed by atoms with Gasteiger partial charge in [0.05, 0.1) is 12.1 Å². The van der Waals surface area contributed by atoms with E-state index < -0.39 is 0 Å². The molecule has 1 atom stereocenters. The molecule has 4 heteroatoms. The van der Waals surface area contributed by atoms with Gasteiger partial charge in [-0.2, -0.15) is 5.10 Å². The third kappa shape index (κ3) is 2.48. The zero-order valence-electron chi connectivity index (χ0n) is 11.6. The zero-order valence-corrected chi connectivity index (χ0v) is 11.6. The lowest BCUT2D eigenvalue weighted by Gasteiger charge is -2.24. The Hall–Kier alpha value is -1.16. The molecule has 0 spiro atoms. The van der Waals surface area contributed by atoms with E-state index in [1.54, 1.807) is 0 Å². The van der Waals surface area contributed by atoms with Crippen LogP contribution < -0.4 is 5.32 Å². The lowest BCUT2D eigenvalue weighted by Crippen LogP contribution is -2.34. The summed E-state index contributed by atoms with van der Waals surface area (Å²) in [5, 5.41) is 7.77. The number of hydrogen-bond donors (Lipinski definition) is 1. The SMILES string of the molecule is CCC1(C(=O)Cc2ccn(C(C)C)n2)CCNC1. The van der Waals surface area contributed by atoms with Crippen LogP contribution in [0.1, 0.15) is 45.3 Å². The standard InChI is InChI=1S/C14H23N3O/c1-4-14(6-7-15-10-14)13(18)9-12-5-8-17(16-12)11(2)3/h5,8,11,15H,4,6-7,9-10H2,1-3H3. The van der Waals surface area contributed by atoms with Gasteiger partial charge in [0.2, 0.25) is 0 Å². The van der Waals surface area contributed by atoms with Gasteiger partial charge in [-0.1, -0.05) is 6.92 Å². The molecule has 18 heavy (non-hydrogen) atoms. The van der Waals surface area contributed by atoms with Gasteiger partial charge in [-0.05, 0) is 39.3 Å². The fourth-order valence-corrected chi connectivity index (χ4v) is 2.59. The molecular weight excluding hydrogens is 226 g/mol. The molecule has 1 saturated heterocycles. The highest BCUT2D eigenvalue weighted by molar-refractivity contribution is 5.87. The summed E-state index contributed by atoms with van der Waals surface area (Å²) in [5.41, 5.74) is 0.746. The molecule has 1 aromatic rings. The second-order valence-corrected chi connectivity index (χ2v) is 5.54. The Morgan fingerprint density at radius 2 is 2.39 bits per heavy atom. The molecule has 0 bridgehead atoms. The summed E-state index contributed by atoms with van der Waals surface area (Å²) in [7, 11) is 0. The molecule has 4 nitrogen and oxygen atoms in total. The van der Waals surface area contributed by atoms with E-state index in [1.807, 2.05) is 16.9 Å². The highest BCUT2D eigenvalue weighted by Crippen LogP contribution is 2.31. The molecule has 0 saturated carbocycles. The Morgan fingerprint density at radius 1 is 1.61 bits per heavy atom. The largest absolute Gasteiger partial charge is 0.316 e. The van der Waals surface area contributed by atoms with Gasteiger partial charge in [0, 0.05) is 24.2 Å². The molecular formula is C14H23N3O. The Bertz CT molecular complexity index is 416. The molecule has 1 aliphatic rings. The first kappa shape index (κ1) is 13.3. The Labute approximate surface area is 109 Å². The van der Waals surface area contributed by atoms with E-state index in [0.29, 0.717) is 18.2 Å². The number of ketones is 1. The number of nitrogens with one attached hydrogen (secondary N) is 1. The highest BCUT2D eigenvalue weighted by atomic mass is 16.1. The van der Waals surface area contributed by atoms with E-state index in [2.05, 4.69) is 31.2 Å². The van der Waals surface area contributed by atoms with Crippen molar-refractivity contribution in [2.45, 2.75) is 46.1 Å². The van der Waals surface area contributed by atoms with Crippen LogP contribution in [0.4, 0.5) is 0 Å². The van der Waals surface area contributed by atoms with Crippen molar-refractivity contribution in [1.29, 1.82) is 0 Å². The lowest BCUT2D eigenvalue weighted by atomic mass is 9.78. The first-order valence-corrected chi connectivity index (χ1v) is 6.85. The first-order valence-electron chi connectivity index (χ1n) is 6.85. The van der Waals surface area contributed by atoms with E-state index in [9.17, 15) is 4.79 Å². The summed E-state index contributed by atoms with van der Waals surface area (Å²) in [6, 6.07) is 2.31. The minimum atomic E-state index is -0.151. The number of carbonyl (C=O) groups is 1. The third-order valence-corrected chi connectivity index (χ3v) is 4.05. The minimum absolute atomic E-state index is 0.151. The summed E-state index contributed by atoms with van der Waals surface area (Å²) in [4.78, 5) is 12.5. The van der Waals surface area contributed by atoms with Crippen LogP contribution in [0.25, 0.3) is 0 Å². The summed E-state index contributed by atoms with van der Waals surface area (Å²) < 4.78 is 1.91. The van der Waals surface area contributed by atoms with Gasteiger partial charge in [-0.3, -0.25) is 9.48 Å². The average molecular weight is 249 g/mol. The topological polar surface area (TPSA) is 46.9 Å². The molecule has 1 aromatic heterocycles. The van der Waals surface area contributed by atoms with Gasteiger partial charge >= 0.3 is 0 Å². The molecule has 1 unspecified atom stereocenters. The van der Waals surface area contributed by atoms with Crippen molar-refractivity contribution in [3.8, 4) is 0 Å². The van der Waals surface area contributed by atoms with Crippen LogP contribution in [0.15, 0.2) is 12.3 Å². The summed E-state index contributed by atoms with van der Waals surface area (Å²) in [5.74, 6) is 0.337. The van der Waals surface area contributed by atoms with Gasteiger partial charge in [0.1, 0.15) is 5.78 Å². The molecule has 1 fully saturated rings. The van der Waals surface area contributed by atoms with Crippen LogP contribution in [0.3, 0.4) is 0 Å². The number of hydrogen-bond acceptors (Lipinski definition) is 3. The number of carbonyl (C=O) groups excluding carboxylic acids is 1. The van der Waals surface area contributed by atoms with E-state index in [1.165, 1.54) is 0 Å². The summed E-state index contributed by atoms with van der Waals surface area (Å²) >= 11 is 0. The normalized spacial score (nSPS) is 23.8. The smallest absolute Gasteiger partial charge is 0.146 e. The van der Waals surface area contributed by atoms with E-state index in [-0.39, 0.29) is 5.41 Å². The predicted molar refractivity (Wildman–Crippen MR) is 71.5 cm³/mol. The van der Waals surface area contributed by atoms with Crippen LogP contribution in [0.2, 0.25) is 0 Å². The quantitative estimate of drug-likeness (QED) is 0.868. The number of nitrogens with zero attached hydrogens (tertiary/aromatic N) is 2. The third-order valence-electron chi connectivity index (χ3n) is 4.05. The van der Waals surface area contributed by atoms with Gasteiger partial charge in [0.15, 0.2) is 0 Å². The maximum Gasteiger partial charge on any atom is 0.146 e. The lowest BCUT2D eigenvalue weighted by molar-refractivity contribution is -0.127. The highest BCUT2D eigenvalue weighted by Gasteiger charge is 2.38. The zero-order chi connectivity index (χ0) is 13.2. The van der Waals surface area contributed by atoms with Crippen molar-refractivity contribution in [1.82, 2.24) is 15.1 Å². The monoisotopic (exact) mass is 249 g/mol. The van der Waals surface area contributed by atoms with Gasteiger partial charge < -0.3 is 5.32 Å². The Kier molecular flexibility index (Phi) is 3.85. The second-order valence-electron chi connectivity index (χ2n) is 5.54. The van der Waals surface area contributed by atoms with Crippen molar-refractivity contribution >= 4 is 5.78 Å². The van der Waals surface area contributed by atoms with Gasteiger partial charge in [0.25, 0.3) is 0 Å². The Morgan fingerprint density at radius 3 is 2.89 bits per heavy atom. The molecule has 2 heterocycles. The molecule has 0 amide bonds. The molecule has 2 rings (SSSR count). The molecule has 0 aliphatic carbocycles. The van der Waals surface area contributed by atoms with Crippen LogP contribution >= 0.6 is 0 Å². The van der Waals surface area contributed by atoms with Crippen LogP contribution in [0, 0.1) is 5.41 Å².